The van der Waals surface area contributed by atoms with E-state index in [-0.39, 0.29) is 0 Å². The smallest absolute Gasteiger partial charge is 0.335 e. The molecule has 4 aromatic rings. The van der Waals surface area contributed by atoms with Crippen molar-refractivity contribution in [2.75, 3.05) is 4.31 Å². The largest absolute Gasteiger partial charge is 0.755 e. The van der Waals surface area contributed by atoms with Crippen molar-refractivity contribution in [3.63, 3.8) is 0 Å². The van der Waals surface area contributed by atoms with Crippen LogP contribution >= 0.6 is 0 Å². The van der Waals surface area contributed by atoms with Gasteiger partial charge in [0, 0.05) is 5.39 Å². The number of hydrogen-bond acceptors (Lipinski definition) is 3. The molecule has 0 amide bonds. The van der Waals surface area contributed by atoms with Crippen molar-refractivity contribution in [2.45, 2.75) is 12.8 Å². The summed E-state index contributed by atoms with van der Waals surface area (Å²) in [4.78, 5) is 11.4. The van der Waals surface area contributed by atoms with E-state index in [9.17, 15) is 18.7 Å². The molecule has 156 valence electrons. The molecule has 6 heteroatoms. The Bertz CT molecular complexity index is 1250. The van der Waals surface area contributed by atoms with Gasteiger partial charge < -0.3 is 9.66 Å². The molecule has 0 spiro atoms. The Kier molecular flexibility index (Phi) is 6.11. The van der Waals surface area contributed by atoms with Gasteiger partial charge in [-0.2, -0.15) is 0 Å². The highest BCUT2D eigenvalue weighted by Gasteiger charge is 2.14. The molecule has 0 bridgehead atoms. The minimum absolute atomic E-state index is 0.308. The molecule has 5 nitrogen and oxygen atoms in total. The van der Waals surface area contributed by atoms with Crippen molar-refractivity contribution >= 4 is 39.4 Å². The van der Waals surface area contributed by atoms with E-state index in [1.807, 2.05) is 60.7 Å². The van der Waals surface area contributed by atoms with Crippen LogP contribution in [0.3, 0.4) is 0 Å². The number of nitrogens with zero attached hydrogens (tertiary/aromatic N) is 1. The average molecular weight is 431 g/mol. The molecule has 0 aliphatic rings. The van der Waals surface area contributed by atoms with Crippen LogP contribution in [0.1, 0.15) is 21.5 Å². The highest BCUT2D eigenvalue weighted by molar-refractivity contribution is 7.81. The summed E-state index contributed by atoms with van der Waals surface area (Å²) in [7, 11) is 0. The lowest BCUT2D eigenvalue weighted by Crippen LogP contribution is -2.19. The van der Waals surface area contributed by atoms with E-state index in [4.69, 9.17) is 0 Å². The van der Waals surface area contributed by atoms with E-state index >= 15 is 0 Å². The predicted octanol–water partition coefficient (Wildman–Crippen LogP) is 5.26. The fourth-order valence-electron chi connectivity index (χ4n) is 3.71. The zero-order chi connectivity index (χ0) is 21.8. The number of fused-ring (bicyclic) bond motifs is 1. The Balaban J connectivity index is 1.59. The molecule has 0 aliphatic carbocycles. The minimum atomic E-state index is -2.49. The highest BCUT2D eigenvalue weighted by Crippen LogP contribution is 2.33. The molecule has 0 saturated heterocycles. The normalized spacial score (nSPS) is 11.9. The van der Waals surface area contributed by atoms with Crippen molar-refractivity contribution < 1.29 is 18.7 Å². The van der Waals surface area contributed by atoms with E-state index in [2.05, 4.69) is 0 Å². The molecular weight excluding hydrogens is 410 g/mol. The van der Waals surface area contributed by atoms with Gasteiger partial charge in [-0.3, -0.25) is 8.51 Å². The summed E-state index contributed by atoms with van der Waals surface area (Å²) in [6, 6.07) is 27.5. The number of benzene rings is 4. The number of carboxylic acid groups (broad SMARTS) is 1. The second-order valence-corrected chi connectivity index (χ2v) is 7.94. The number of carboxylic acids is 1. The molecule has 0 heterocycles. The third-order valence-corrected chi connectivity index (χ3v) is 5.94. The minimum Gasteiger partial charge on any atom is -0.755 e. The van der Waals surface area contributed by atoms with E-state index in [0.717, 1.165) is 21.9 Å². The maximum Gasteiger partial charge on any atom is 0.335 e. The van der Waals surface area contributed by atoms with Gasteiger partial charge in [-0.15, -0.1) is 0 Å². The summed E-state index contributed by atoms with van der Waals surface area (Å²) >= 11 is -2.49. The summed E-state index contributed by atoms with van der Waals surface area (Å²) in [5.41, 5.74) is 3.22. The van der Waals surface area contributed by atoms with E-state index in [1.54, 1.807) is 30.3 Å². The summed E-state index contributed by atoms with van der Waals surface area (Å²) in [5.74, 6) is -0.936. The number of carbonyl (C=O) groups is 1. The van der Waals surface area contributed by atoms with Gasteiger partial charge in [0.05, 0.1) is 28.2 Å². The van der Waals surface area contributed by atoms with Crippen LogP contribution in [-0.4, -0.2) is 19.8 Å². The van der Waals surface area contributed by atoms with Crippen LogP contribution < -0.4 is 4.31 Å². The average Bonchev–Trinajstić information content (AvgIpc) is 2.79. The van der Waals surface area contributed by atoms with Crippen LogP contribution in [0.2, 0.25) is 0 Å². The molecule has 0 aromatic heterocycles. The second kappa shape index (κ2) is 9.12. The predicted molar refractivity (Wildman–Crippen MR) is 122 cm³/mol. The molecule has 0 saturated carbocycles. The van der Waals surface area contributed by atoms with Gasteiger partial charge in [0.2, 0.25) is 0 Å². The number of aryl methyl sites for hydroxylation is 2. The van der Waals surface area contributed by atoms with Crippen LogP contribution in [0.15, 0.2) is 91.0 Å². The number of hydrogen-bond donors (Lipinski definition) is 1. The highest BCUT2D eigenvalue weighted by atomic mass is 32.2. The topological polar surface area (TPSA) is 80.7 Å². The first-order valence-electron chi connectivity index (χ1n) is 9.82. The van der Waals surface area contributed by atoms with Crippen molar-refractivity contribution in [1.82, 2.24) is 0 Å². The third-order valence-electron chi connectivity index (χ3n) is 5.24. The maximum atomic E-state index is 12.1. The van der Waals surface area contributed by atoms with Gasteiger partial charge in [-0.1, -0.05) is 66.7 Å². The van der Waals surface area contributed by atoms with E-state index in [0.29, 0.717) is 29.8 Å². The van der Waals surface area contributed by atoms with Crippen LogP contribution in [0.4, 0.5) is 11.4 Å². The van der Waals surface area contributed by atoms with Crippen LogP contribution in [0.25, 0.3) is 10.8 Å². The maximum absolute atomic E-state index is 12.1. The number of anilines is 2. The lowest BCUT2D eigenvalue weighted by Gasteiger charge is -2.28. The number of aromatic carboxylic acids is 1. The van der Waals surface area contributed by atoms with Gasteiger partial charge >= 0.3 is 5.97 Å². The molecule has 0 fully saturated rings. The Morgan fingerprint density at radius 1 is 0.839 bits per heavy atom. The fourth-order valence-corrected chi connectivity index (χ4v) is 4.33. The molecule has 0 radical (unpaired) electrons. The molecule has 1 atom stereocenters. The quantitative estimate of drug-likeness (QED) is 0.406. The molecular formula is C25H20NO4S-. The summed E-state index contributed by atoms with van der Waals surface area (Å²) < 4.78 is 25.5. The third kappa shape index (κ3) is 4.50. The standard InChI is InChI=1S/C25H21NO4S/c27-25(28)23-10-4-2-7-20(23)15-12-18-13-16-21(17-14-18)26(31(29)30)24-11-5-8-19-6-1-3-9-22(19)24/h1-11,13-14,16-17H,12,15H2,(H,27,28)(H,29,30)/p-1. The zero-order valence-corrected chi connectivity index (χ0v) is 17.4. The van der Waals surface area contributed by atoms with Crippen molar-refractivity contribution in [2.24, 2.45) is 0 Å². The van der Waals surface area contributed by atoms with Gasteiger partial charge in [0.25, 0.3) is 0 Å². The van der Waals surface area contributed by atoms with Gasteiger partial charge in [0.1, 0.15) is 0 Å². The molecule has 4 rings (SSSR count). The van der Waals surface area contributed by atoms with E-state index < -0.39 is 17.2 Å². The van der Waals surface area contributed by atoms with Gasteiger partial charge in [0.15, 0.2) is 0 Å². The van der Waals surface area contributed by atoms with Crippen LogP contribution in [-0.2, 0) is 24.1 Å². The Morgan fingerprint density at radius 3 is 2.26 bits per heavy atom. The summed E-state index contributed by atoms with van der Waals surface area (Å²) in [6.07, 6.45) is 1.24. The van der Waals surface area contributed by atoms with Crippen LogP contribution in [0.5, 0.6) is 0 Å². The first-order valence-corrected chi connectivity index (χ1v) is 10.8. The fraction of sp³-hybridized carbons (Fsp3) is 0.0800. The van der Waals surface area contributed by atoms with Crippen molar-refractivity contribution in [3.8, 4) is 0 Å². The first-order chi connectivity index (χ1) is 15.0. The Hall–Kier alpha value is -3.48. The molecule has 1 N–H and O–H groups in total. The van der Waals surface area contributed by atoms with Gasteiger partial charge in [-0.05, 0) is 53.6 Å². The van der Waals surface area contributed by atoms with E-state index in [1.165, 1.54) is 4.31 Å². The molecule has 31 heavy (non-hydrogen) atoms. The lowest BCUT2D eigenvalue weighted by atomic mass is 10.00. The Labute approximate surface area is 183 Å². The van der Waals surface area contributed by atoms with Crippen molar-refractivity contribution in [3.05, 3.63) is 108 Å². The first kappa shape index (κ1) is 20.8. The monoisotopic (exact) mass is 430 g/mol. The number of rotatable bonds is 7. The Morgan fingerprint density at radius 2 is 1.52 bits per heavy atom. The second-order valence-electron chi connectivity index (χ2n) is 7.14. The zero-order valence-electron chi connectivity index (χ0n) is 16.6. The SMILES string of the molecule is O=C(O)c1ccccc1CCc1ccc(N(c2cccc3ccccc23)S(=O)[O-])cc1. The molecule has 1 unspecified atom stereocenters. The summed E-state index contributed by atoms with van der Waals surface area (Å²) in [5, 5.41) is 11.1. The molecule has 0 aliphatic heterocycles. The van der Waals surface area contributed by atoms with Crippen LogP contribution in [0, 0.1) is 0 Å². The molecule has 4 aromatic carbocycles. The summed E-state index contributed by atoms with van der Waals surface area (Å²) in [6.45, 7) is 0. The van der Waals surface area contributed by atoms with Crippen molar-refractivity contribution in [1.29, 1.82) is 0 Å². The lowest BCUT2D eigenvalue weighted by molar-refractivity contribution is 0.0695. The van der Waals surface area contributed by atoms with Gasteiger partial charge in [-0.25, -0.2) is 4.79 Å².